The van der Waals surface area contributed by atoms with Gasteiger partial charge in [0.05, 0.1) is 27.9 Å². The first-order valence-electron chi connectivity index (χ1n) is 14.8. The van der Waals surface area contributed by atoms with Gasteiger partial charge in [-0.1, -0.05) is 85.8 Å². The lowest BCUT2D eigenvalue weighted by Crippen LogP contribution is -2.49. The van der Waals surface area contributed by atoms with Crippen LogP contribution < -0.4 is 15.5 Å². The van der Waals surface area contributed by atoms with Crippen LogP contribution in [0, 0.1) is 0 Å². The van der Waals surface area contributed by atoms with Crippen molar-refractivity contribution in [3.63, 3.8) is 0 Å². The van der Waals surface area contributed by atoms with E-state index in [1.165, 1.54) is 28.5 Å². The Balaban J connectivity index is 1.02. The van der Waals surface area contributed by atoms with Gasteiger partial charge in [-0.2, -0.15) is 0 Å². The van der Waals surface area contributed by atoms with Gasteiger partial charge in [0, 0.05) is 26.4 Å². The highest BCUT2D eigenvalue weighted by Crippen LogP contribution is 2.44. The average molecular weight is 647 g/mol. The van der Waals surface area contributed by atoms with Crippen LogP contribution in [0.15, 0.2) is 130 Å². The highest BCUT2D eigenvalue weighted by Gasteiger charge is 2.36. The van der Waals surface area contributed by atoms with Crippen molar-refractivity contribution in [1.29, 1.82) is 0 Å². The van der Waals surface area contributed by atoms with Crippen molar-refractivity contribution in [2.45, 2.75) is 39.7 Å². The van der Waals surface area contributed by atoms with Crippen molar-refractivity contribution in [3.8, 4) is 11.3 Å². The number of carbonyl (C=O) groups is 2. The minimum absolute atomic E-state index is 0.0757. The number of fused-ring (bicyclic) bond motifs is 3. The SMILES string of the molecule is CCC(Sc1cccc(NC(=O)N2c3ccccc3SC3C=CC=CC32)c1)C(=O)Nc1nc(-c2ccc3ccccc3c2)cs1. The second-order valence-electron chi connectivity index (χ2n) is 10.7. The predicted molar refractivity (Wildman–Crippen MR) is 190 cm³/mol. The first-order chi connectivity index (χ1) is 22.1. The Morgan fingerprint density at radius 1 is 0.911 bits per heavy atom. The van der Waals surface area contributed by atoms with E-state index in [0.29, 0.717) is 17.2 Å². The summed E-state index contributed by atoms with van der Waals surface area (Å²) in [5.41, 5.74) is 3.44. The quantitative estimate of drug-likeness (QED) is 0.172. The fourth-order valence-corrected chi connectivity index (χ4v) is 8.54. The molecule has 2 aliphatic rings. The van der Waals surface area contributed by atoms with Crippen molar-refractivity contribution in [2.24, 2.45) is 0 Å². The van der Waals surface area contributed by atoms with Crippen molar-refractivity contribution >= 4 is 74.1 Å². The molecule has 4 aromatic carbocycles. The van der Waals surface area contributed by atoms with Gasteiger partial charge < -0.3 is 10.6 Å². The number of rotatable bonds is 7. The molecular weight excluding hydrogens is 617 g/mol. The van der Waals surface area contributed by atoms with E-state index >= 15 is 0 Å². The molecule has 2 heterocycles. The van der Waals surface area contributed by atoms with Crippen LogP contribution in [0.5, 0.6) is 0 Å². The maximum absolute atomic E-state index is 13.7. The normalized spacial score (nSPS) is 17.4. The van der Waals surface area contributed by atoms with E-state index in [2.05, 4.69) is 59.2 Å². The molecule has 0 spiro atoms. The molecule has 224 valence electrons. The maximum atomic E-state index is 13.7. The summed E-state index contributed by atoms with van der Waals surface area (Å²) in [6.45, 7) is 2.00. The molecule has 9 heteroatoms. The van der Waals surface area contributed by atoms with E-state index in [4.69, 9.17) is 4.98 Å². The standard InChI is InChI=1S/C36H30N4O2S3/c1-2-31(34(41)39-35-38-28(22-43-35)25-19-18-23-10-3-4-11-24(23)20-25)44-27-13-9-12-26(21-27)37-36(42)40-29-14-5-7-16-32(29)45-33-17-8-6-15-30(33)40/h3-22,29,31-32H,2H2,1H3,(H,37,42)(H,38,39,41). The molecule has 5 aromatic rings. The lowest BCUT2D eigenvalue weighted by Gasteiger charge is -2.40. The minimum atomic E-state index is -0.324. The molecule has 0 radical (unpaired) electrons. The Bertz CT molecular complexity index is 1950. The van der Waals surface area contributed by atoms with E-state index in [9.17, 15) is 9.59 Å². The number of hydrogen-bond donors (Lipinski definition) is 2. The molecule has 45 heavy (non-hydrogen) atoms. The molecular formula is C36H30N4O2S3. The molecule has 3 amide bonds. The molecule has 1 aromatic heterocycles. The van der Waals surface area contributed by atoms with Crippen LogP contribution in [0.4, 0.5) is 21.3 Å². The maximum Gasteiger partial charge on any atom is 0.326 e. The number of amides is 3. The summed E-state index contributed by atoms with van der Waals surface area (Å²) in [6, 6.07) is 30.0. The number of urea groups is 1. The smallest absolute Gasteiger partial charge is 0.307 e. The van der Waals surface area contributed by atoms with Crippen molar-refractivity contribution in [1.82, 2.24) is 4.98 Å². The summed E-state index contributed by atoms with van der Waals surface area (Å²) in [6.07, 6.45) is 8.91. The molecule has 0 saturated carbocycles. The third-order valence-electron chi connectivity index (χ3n) is 7.77. The topological polar surface area (TPSA) is 74.3 Å². The van der Waals surface area contributed by atoms with E-state index in [1.54, 1.807) is 11.8 Å². The Labute approximate surface area is 274 Å². The van der Waals surface area contributed by atoms with Crippen LogP contribution in [0.3, 0.4) is 0 Å². The molecule has 1 aliphatic heterocycles. The van der Waals surface area contributed by atoms with Crippen LogP contribution in [-0.4, -0.2) is 33.5 Å². The monoisotopic (exact) mass is 646 g/mol. The van der Waals surface area contributed by atoms with Crippen LogP contribution in [0.2, 0.25) is 0 Å². The van der Waals surface area contributed by atoms with Crippen LogP contribution in [-0.2, 0) is 4.79 Å². The number of nitrogens with one attached hydrogen (secondary N) is 2. The molecule has 6 nitrogen and oxygen atoms in total. The van der Waals surface area contributed by atoms with Gasteiger partial charge in [-0.25, -0.2) is 9.78 Å². The summed E-state index contributed by atoms with van der Waals surface area (Å²) in [7, 11) is 0. The molecule has 7 rings (SSSR count). The van der Waals surface area contributed by atoms with E-state index in [-0.39, 0.29) is 28.5 Å². The Kier molecular flexibility index (Phi) is 8.47. The molecule has 2 N–H and O–H groups in total. The molecule has 1 aliphatic carbocycles. The number of benzene rings is 4. The van der Waals surface area contributed by atoms with Gasteiger partial charge in [0.2, 0.25) is 5.91 Å². The molecule has 0 bridgehead atoms. The molecule has 3 unspecified atom stereocenters. The average Bonchev–Trinajstić information content (AvgIpc) is 3.54. The zero-order valence-corrected chi connectivity index (χ0v) is 26.9. The first kappa shape index (κ1) is 29.4. The third kappa shape index (κ3) is 6.29. The first-order valence-corrected chi connectivity index (χ1v) is 17.4. The summed E-state index contributed by atoms with van der Waals surface area (Å²) in [5.74, 6) is -0.0954. The van der Waals surface area contributed by atoms with E-state index < -0.39 is 0 Å². The third-order valence-corrected chi connectivity index (χ3v) is 11.2. The lowest BCUT2D eigenvalue weighted by molar-refractivity contribution is -0.115. The fourth-order valence-electron chi connectivity index (χ4n) is 5.54. The zero-order valence-electron chi connectivity index (χ0n) is 24.4. The number of carbonyl (C=O) groups excluding carboxylic acids is 2. The summed E-state index contributed by atoms with van der Waals surface area (Å²) in [5, 5.41) is 10.9. The number of allylic oxidation sites excluding steroid dienone is 2. The second kappa shape index (κ2) is 13.0. The highest BCUT2D eigenvalue weighted by atomic mass is 32.2. The fraction of sp³-hybridized carbons (Fsp3) is 0.139. The van der Waals surface area contributed by atoms with Gasteiger partial charge >= 0.3 is 6.03 Å². The number of anilines is 3. The summed E-state index contributed by atoms with van der Waals surface area (Å²) >= 11 is 4.68. The highest BCUT2D eigenvalue weighted by molar-refractivity contribution is 8.00. The zero-order chi connectivity index (χ0) is 30.8. The summed E-state index contributed by atoms with van der Waals surface area (Å²) < 4.78 is 0. The predicted octanol–water partition coefficient (Wildman–Crippen LogP) is 9.48. The van der Waals surface area contributed by atoms with Gasteiger partial charge in [0.25, 0.3) is 0 Å². The van der Waals surface area contributed by atoms with Gasteiger partial charge in [0.15, 0.2) is 5.13 Å². The van der Waals surface area contributed by atoms with Gasteiger partial charge in [-0.15, -0.1) is 34.9 Å². The molecule has 0 fully saturated rings. The number of para-hydroxylation sites is 1. The number of thiazole rings is 1. The van der Waals surface area contributed by atoms with Gasteiger partial charge in [-0.05, 0) is 53.6 Å². The van der Waals surface area contributed by atoms with Gasteiger partial charge in [0.1, 0.15) is 0 Å². The van der Waals surface area contributed by atoms with Crippen LogP contribution >= 0.6 is 34.9 Å². The van der Waals surface area contributed by atoms with E-state index in [1.807, 2.05) is 84.0 Å². The molecule has 3 atom stereocenters. The lowest BCUT2D eigenvalue weighted by atomic mass is 10.1. The Morgan fingerprint density at radius 2 is 1.73 bits per heavy atom. The van der Waals surface area contributed by atoms with E-state index in [0.717, 1.165) is 32.1 Å². The Hall–Kier alpha value is -4.31. The van der Waals surface area contributed by atoms with Gasteiger partial charge in [-0.3, -0.25) is 9.69 Å². The van der Waals surface area contributed by atoms with Crippen molar-refractivity contribution in [3.05, 3.63) is 121 Å². The number of thioether (sulfide) groups is 2. The minimum Gasteiger partial charge on any atom is -0.307 e. The molecule has 0 saturated heterocycles. The van der Waals surface area contributed by atoms with Crippen molar-refractivity contribution in [2.75, 3.05) is 15.5 Å². The second-order valence-corrected chi connectivity index (χ2v) is 14.1. The summed E-state index contributed by atoms with van der Waals surface area (Å²) in [4.78, 5) is 35.6. The largest absolute Gasteiger partial charge is 0.326 e. The number of nitrogens with zero attached hydrogens (tertiary/aromatic N) is 2. The van der Waals surface area contributed by atoms with Crippen LogP contribution in [0.25, 0.3) is 22.0 Å². The number of hydrogen-bond acceptors (Lipinski definition) is 6. The van der Waals surface area contributed by atoms with Crippen LogP contribution in [0.1, 0.15) is 13.3 Å². The number of aromatic nitrogens is 1. The van der Waals surface area contributed by atoms with Crippen molar-refractivity contribution < 1.29 is 9.59 Å². The Morgan fingerprint density at radius 3 is 2.62 bits per heavy atom.